The van der Waals surface area contributed by atoms with Gasteiger partial charge in [0.2, 0.25) is 5.91 Å². The summed E-state index contributed by atoms with van der Waals surface area (Å²) in [6.07, 6.45) is 5.81. The minimum absolute atomic E-state index is 0. The number of unbranched alkanes of at least 4 members (excludes halogenated alkanes) is 3. The fraction of sp³-hybridized carbons (Fsp3) is 0.632. The molecular formula is C19H33ClN2O. The van der Waals surface area contributed by atoms with Crippen molar-refractivity contribution in [2.45, 2.75) is 65.3 Å². The van der Waals surface area contributed by atoms with Crippen molar-refractivity contribution in [3.8, 4) is 0 Å². The monoisotopic (exact) mass is 340 g/mol. The first-order chi connectivity index (χ1) is 10.5. The van der Waals surface area contributed by atoms with Gasteiger partial charge in [-0.1, -0.05) is 51.0 Å². The number of nitrogens with two attached hydrogens (primary N) is 1. The quantitative estimate of drug-likeness (QED) is 0.615. The Bertz CT molecular complexity index is 449. The van der Waals surface area contributed by atoms with Crippen molar-refractivity contribution in [2.24, 2.45) is 11.7 Å². The van der Waals surface area contributed by atoms with Gasteiger partial charge in [-0.05, 0) is 49.8 Å². The van der Waals surface area contributed by atoms with E-state index in [0.717, 1.165) is 38.6 Å². The Morgan fingerprint density at radius 1 is 1.13 bits per heavy atom. The second kappa shape index (κ2) is 12.4. The number of nitrogens with one attached hydrogen (secondary N) is 1. The molecule has 0 fully saturated rings. The lowest BCUT2D eigenvalue weighted by Crippen LogP contribution is -2.29. The van der Waals surface area contributed by atoms with Crippen molar-refractivity contribution in [1.82, 2.24) is 5.32 Å². The molecule has 1 atom stereocenters. The van der Waals surface area contributed by atoms with E-state index in [1.165, 1.54) is 11.1 Å². The van der Waals surface area contributed by atoms with Gasteiger partial charge in [0.15, 0.2) is 0 Å². The SMILES string of the molecule is Cc1ccccc1C(CC(C)C)NC(=O)CCCCCCN.Cl. The maximum Gasteiger partial charge on any atom is 0.220 e. The number of benzene rings is 1. The predicted molar refractivity (Wildman–Crippen MR) is 101 cm³/mol. The van der Waals surface area contributed by atoms with Crippen LogP contribution in [0.2, 0.25) is 0 Å². The minimum atomic E-state index is 0. The highest BCUT2D eigenvalue weighted by Crippen LogP contribution is 2.24. The summed E-state index contributed by atoms with van der Waals surface area (Å²) in [5.41, 5.74) is 7.97. The molecule has 23 heavy (non-hydrogen) atoms. The van der Waals surface area contributed by atoms with E-state index in [1.54, 1.807) is 0 Å². The molecule has 1 rings (SSSR count). The molecule has 3 N–H and O–H groups in total. The lowest BCUT2D eigenvalue weighted by molar-refractivity contribution is -0.122. The summed E-state index contributed by atoms with van der Waals surface area (Å²) in [6, 6.07) is 8.46. The van der Waals surface area contributed by atoms with Crippen LogP contribution >= 0.6 is 12.4 Å². The highest BCUT2D eigenvalue weighted by Gasteiger charge is 2.17. The Kier molecular flexibility index (Phi) is 11.8. The minimum Gasteiger partial charge on any atom is -0.349 e. The molecule has 0 aromatic heterocycles. The van der Waals surface area contributed by atoms with E-state index in [4.69, 9.17) is 5.73 Å². The fourth-order valence-corrected chi connectivity index (χ4v) is 2.76. The van der Waals surface area contributed by atoms with E-state index in [0.29, 0.717) is 12.3 Å². The summed E-state index contributed by atoms with van der Waals surface area (Å²) in [6.45, 7) is 7.26. The van der Waals surface area contributed by atoms with Gasteiger partial charge in [0.05, 0.1) is 6.04 Å². The number of carbonyl (C=O) groups excluding carboxylic acids is 1. The fourth-order valence-electron chi connectivity index (χ4n) is 2.76. The van der Waals surface area contributed by atoms with Crippen molar-refractivity contribution in [3.63, 3.8) is 0 Å². The number of hydrogen-bond donors (Lipinski definition) is 2. The van der Waals surface area contributed by atoms with Crippen LogP contribution in [0, 0.1) is 12.8 Å². The van der Waals surface area contributed by atoms with E-state index in [-0.39, 0.29) is 24.4 Å². The first-order valence-corrected chi connectivity index (χ1v) is 8.59. The molecule has 0 saturated heterocycles. The third-order valence-electron chi connectivity index (χ3n) is 3.96. The molecule has 1 aromatic carbocycles. The molecule has 3 nitrogen and oxygen atoms in total. The van der Waals surface area contributed by atoms with Crippen molar-refractivity contribution >= 4 is 18.3 Å². The summed E-state index contributed by atoms with van der Waals surface area (Å²) in [7, 11) is 0. The first-order valence-electron chi connectivity index (χ1n) is 8.59. The summed E-state index contributed by atoms with van der Waals surface area (Å²) < 4.78 is 0. The topological polar surface area (TPSA) is 55.1 Å². The Hall–Kier alpha value is -1.06. The van der Waals surface area contributed by atoms with E-state index in [1.807, 2.05) is 6.07 Å². The molecule has 0 spiro atoms. The van der Waals surface area contributed by atoms with Gasteiger partial charge in [-0.2, -0.15) is 0 Å². The van der Waals surface area contributed by atoms with Crippen LogP contribution in [0.15, 0.2) is 24.3 Å². The summed E-state index contributed by atoms with van der Waals surface area (Å²) in [5.74, 6) is 0.719. The number of rotatable bonds is 10. The van der Waals surface area contributed by atoms with Crippen molar-refractivity contribution in [1.29, 1.82) is 0 Å². The van der Waals surface area contributed by atoms with E-state index < -0.39 is 0 Å². The largest absolute Gasteiger partial charge is 0.349 e. The normalized spacial score (nSPS) is 11.9. The summed E-state index contributed by atoms with van der Waals surface area (Å²) in [5, 5.41) is 3.23. The zero-order valence-electron chi connectivity index (χ0n) is 14.8. The Balaban J connectivity index is 0.00000484. The Labute approximate surface area is 147 Å². The predicted octanol–water partition coefficient (Wildman–Crippen LogP) is 4.53. The molecule has 4 heteroatoms. The lowest BCUT2D eigenvalue weighted by atomic mass is 9.93. The van der Waals surface area contributed by atoms with Crippen molar-refractivity contribution in [2.75, 3.05) is 6.54 Å². The van der Waals surface area contributed by atoms with Gasteiger partial charge in [0.1, 0.15) is 0 Å². The van der Waals surface area contributed by atoms with Gasteiger partial charge < -0.3 is 11.1 Å². The van der Waals surface area contributed by atoms with E-state index >= 15 is 0 Å². The molecule has 0 saturated carbocycles. The molecule has 1 amide bonds. The van der Waals surface area contributed by atoms with Crippen LogP contribution < -0.4 is 11.1 Å². The van der Waals surface area contributed by atoms with Crippen LogP contribution in [-0.2, 0) is 4.79 Å². The van der Waals surface area contributed by atoms with E-state index in [9.17, 15) is 4.79 Å². The second-order valence-electron chi connectivity index (χ2n) is 6.56. The number of amides is 1. The molecule has 0 radical (unpaired) electrons. The Morgan fingerprint density at radius 2 is 1.78 bits per heavy atom. The highest BCUT2D eigenvalue weighted by molar-refractivity contribution is 5.85. The summed E-state index contributed by atoms with van der Waals surface area (Å²) in [4.78, 5) is 12.2. The molecule has 1 unspecified atom stereocenters. The van der Waals surface area contributed by atoms with Gasteiger partial charge in [-0.25, -0.2) is 0 Å². The molecule has 0 aliphatic rings. The van der Waals surface area contributed by atoms with Crippen LogP contribution in [0.4, 0.5) is 0 Å². The van der Waals surface area contributed by atoms with Crippen LogP contribution in [-0.4, -0.2) is 12.5 Å². The molecule has 0 aliphatic heterocycles. The molecule has 132 valence electrons. The third-order valence-corrected chi connectivity index (χ3v) is 3.96. The molecule has 1 aromatic rings. The summed E-state index contributed by atoms with van der Waals surface area (Å²) >= 11 is 0. The zero-order valence-corrected chi connectivity index (χ0v) is 15.6. The Morgan fingerprint density at radius 3 is 2.39 bits per heavy atom. The first kappa shape index (κ1) is 21.9. The number of aryl methyl sites for hydroxylation is 1. The second-order valence-corrected chi connectivity index (χ2v) is 6.56. The van der Waals surface area contributed by atoms with Crippen molar-refractivity contribution < 1.29 is 4.79 Å². The van der Waals surface area contributed by atoms with Gasteiger partial charge in [0.25, 0.3) is 0 Å². The van der Waals surface area contributed by atoms with Crippen LogP contribution in [0.25, 0.3) is 0 Å². The molecule has 0 heterocycles. The smallest absolute Gasteiger partial charge is 0.220 e. The average Bonchev–Trinajstić information content (AvgIpc) is 2.46. The van der Waals surface area contributed by atoms with Gasteiger partial charge >= 0.3 is 0 Å². The number of hydrogen-bond acceptors (Lipinski definition) is 2. The molecule has 0 aliphatic carbocycles. The lowest BCUT2D eigenvalue weighted by Gasteiger charge is -2.23. The molecular weight excluding hydrogens is 308 g/mol. The van der Waals surface area contributed by atoms with Crippen molar-refractivity contribution in [3.05, 3.63) is 35.4 Å². The van der Waals surface area contributed by atoms with Gasteiger partial charge in [-0.15, -0.1) is 12.4 Å². The average molecular weight is 341 g/mol. The standard InChI is InChI=1S/C19H32N2O.ClH/c1-15(2)14-18(17-11-8-7-10-16(17)3)21-19(22)12-6-4-5-9-13-20;/h7-8,10-11,15,18H,4-6,9,12-14,20H2,1-3H3,(H,21,22);1H. The zero-order chi connectivity index (χ0) is 16.4. The maximum atomic E-state index is 12.2. The third kappa shape index (κ3) is 8.97. The van der Waals surface area contributed by atoms with E-state index in [2.05, 4.69) is 44.3 Å². The highest BCUT2D eigenvalue weighted by atomic mass is 35.5. The van der Waals surface area contributed by atoms with Gasteiger partial charge in [0, 0.05) is 6.42 Å². The number of halogens is 1. The maximum absolute atomic E-state index is 12.2. The van der Waals surface area contributed by atoms with Gasteiger partial charge in [-0.3, -0.25) is 4.79 Å². The van der Waals surface area contributed by atoms with Crippen LogP contribution in [0.3, 0.4) is 0 Å². The molecule has 0 bridgehead atoms. The van der Waals surface area contributed by atoms with Crippen LogP contribution in [0.5, 0.6) is 0 Å². The number of carbonyl (C=O) groups is 1. The van der Waals surface area contributed by atoms with Crippen LogP contribution in [0.1, 0.15) is 69.5 Å².